The summed E-state index contributed by atoms with van der Waals surface area (Å²) in [7, 11) is 1.57. The second kappa shape index (κ2) is 3.61. The number of aromatic nitrogens is 3. The molecular weight excluding hydrogens is 212 g/mol. The average molecular weight is 220 g/mol. The van der Waals surface area contributed by atoms with Crippen LogP contribution in [0.2, 0.25) is 0 Å². The molecule has 0 fully saturated rings. The molecule has 0 aliphatic heterocycles. The van der Waals surface area contributed by atoms with E-state index in [9.17, 15) is 14.9 Å². The van der Waals surface area contributed by atoms with Crippen LogP contribution in [0.15, 0.2) is 29.1 Å². The van der Waals surface area contributed by atoms with Gasteiger partial charge in [0, 0.05) is 24.7 Å². The highest BCUT2D eigenvalue weighted by atomic mass is 16.6. The number of hydrogen-bond acceptors (Lipinski definition) is 4. The summed E-state index contributed by atoms with van der Waals surface area (Å²) >= 11 is 0. The van der Waals surface area contributed by atoms with Crippen molar-refractivity contribution in [3.8, 4) is 11.4 Å². The largest absolute Gasteiger partial charge is 0.343 e. The fourth-order valence-corrected chi connectivity index (χ4v) is 1.34. The minimum atomic E-state index is -0.479. The monoisotopic (exact) mass is 220 g/mol. The zero-order valence-electron chi connectivity index (χ0n) is 8.38. The molecule has 2 rings (SSSR count). The Morgan fingerprint density at radius 2 is 2.00 bits per heavy atom. The minimum absolute atomic E-state index is 0.00397. The molecule has 0 radical (unpaired) electrons. The van der Waals surface area contributed by atoms with Crippen LogP contribution in [-0.2, 0) is 7.05 Å². The first kappa shape index (κ1) is 10.1. The van der Waals surface area contributed by atoms with Crippen molar-refractivity contribution in [2.24, 2.45) is 7.05 Å². The van der Waals surface area contributed by atoms with E-state index in [1.54, 1.807) is 19.2 Å². The number of nitrogens with one attached hydrogen (secondary N) is 1. The third-order valence-corrected chi connectivity index (χ3v) is 2.22. The summed E-state index contributed by atoms with van der Waals surface area (Å²) in [4.78, 5) is 21.1. The molecule has 0 bridgehead atoms. The van der Waals surface area contributed by atoms with Gasteiger partial charge in [-0.1, -0.05) is 0 Å². The van der Waals surface area contributed by atoms with Gasteiger partial charge in [-0.25, -0.2) is 9.89 Å². The molecule has 1 heterocycles. The lowest BCUT2D eigenvalue weighted by Crippen LogP contribution is -2.13. The van der Waals surface area contributed by atoms with E-state index < -0.39 is 4.92 Å². The maximum absolute atomic E-state index is 11.1. The van der Waals surface area contributed by atoms with Gasteiger partial charge in [-0.2, -0.15) is 5.10 Å². The van der Waals surface area contributed by atoms with E-state index in [4.69, 9.17) is 0 Å². The molecule has 0 atom stereocenters. The number of nitro groups is 1. The van der Waals surface area contributed by atoms with E-state index in [1.807, 2.05) is 0 Å². The predicted molar refractivity (Wildman–Crippen MR) is 55.9 cm³/mol. The SMILES string of the molecule is Cn1c(-c2ccc([N+](=O)[O-])cc2)n[nH]c1=O. The van der Waals surface area contributed by atoms with Crippen LogP contribution in [0.25, 0.3) is 11.4 Å². The normalized spacial score (nSPS) is 10.3. The van der Waals surface area contributed by atoms with E-state index in [-0.39, 0.29) is 11.4 Å². The summed E-state index contributed by atoms with van der Waals surface area (Å²) in [5, 5.41) is 16.6. The van der Waals surface area contributed by atoms with Gasteiger partial charge >= 0.3 is 5.69 Å². The van der Waals surface area contributed by atoms with Gasteiger partial charge in [0.1, 0.15) is 0 Å². The molecule has 2 aromatic rings. The quantitative estimate of drug-likeness (QED) is 0.594. The van der Waals surface area contributed by atoms with Gasteiger partial charge in [0.2, 0.25) is 0 Å². The van der Waals surface area contributed by atoms with Crippen LogP contribution in [0.5, 0.6) is 0 Å². The maximum atomic E-state index is 11.1. The van der Waals surface area contributed by atoms with Gasteiger partial charge in [-0.3, -0.25) is 14.7 Å². The van der Waals surface area contributed by atoms with Crippen molar-refractivity contribution in [2.45, 2.75) is 0 Å². The number of rotatable bonds is 2. The Bertz CT molecular complexity index is 582. The van der Waals surface area contributed by atoms with E-state index in [1.165, 1.54) is 16.7 Å². The molecule has 1 N–H and O–H groups in total. The van der Waals surface area contributed by atoms with Gasteiger partial charge in [0.05, 0.1) is 4.92 Å². The highest BCUT2D eigenvalue weighted by molar-refractivity contribution is 5.57. The lowest BCUT2D eigenvalue weighted by Gasteiger charge is -1.98. The third-order valence-electron chi connectivity index (χ3n) is 2.22. The van der Waals surface area contributed by atoms with E-state index in [0.29, 0.717) is 11.4 Å². The van der Waals surface area contributed by atoms with Gasteiger partial charge in [0.15, 0.2) is 5.82 Å². The number of aromatic amines is 1. The van der Waals surface area contributed by atoms with Crippen LogP contribution in [0.4, 0.5) is 5.69 Å². The summed E-state index contributed by atoms with van der Waals surface area (Å²) in [6, 6.07) is 5.84. The fraction of sp³-hybridized carbons (Fsp3) is 0.111. The van der Waals surface area contributed by atoms with E-state index >= 15 is 0 Å². The second-order valence-electron chi connectivity index (χ2n) is 3.22. The molecule has 7 nitrogen and oxygen atoms in total. The number of non-ortho nitro benzene ring substituents is 1. The van der Waals surface area contributed by atoms with Crippen molar-refractivity contribution in [1.82, 2.24) is 14.8 Å². The first-order valence-electron chi connectivity index (χ1n) is 4.46. The number of nitrogens with zero attached hydrogens (tertiary/aromatic N) is 3. The van der Waals surface area contributed by atoms with Crippen LogP contribution < -0.4 is 5.69 Å². The second-order valence-corrected chi connectivity index (χ2v) is 3.22. The Morgan fingerprint density at radius 3 is 2.44 bits per heavy atom. The molecule has 1 aromatic heterocycles. The standard InChI is InChI=1S/C9H8N4O3/c1-12-8(10-11-9(12)14)6-2-4-7(5-3-6)13(15)16/h2-5H,1H3,(H,11,14). The van der Waals surface area contributed by atoms with Crippen LogP contribution in [0.3, 0.4) is 0 Å². The fourth-order valence-electron chi connectivity index (χ4n) is 1.34. The van der Waals surface area contributed by atoms with Crippen LogP contribution in [0.1, 0.15) is 0 Å². The van der Waals surface area contributed by atoms with E-state index in [2.05, 4.69) is 10.2 Å². The lowest BCUT2D eigenvalue weighted by atomic mass is 10.2. The van der Waals surface area contributed by atoms with Crippen molar-refractivity contribution in [3.63, 3.8) is 0 Å². The van der Waals surface area contributed by atoms with Gasteiger partial charge in [0.25, 0.3) is 5.69 Å². The number of nitro benzene ring substituents is 1. The Labute approximate surface area is 89.5 Å². The minimum Gasteiger partial charge on any atom is -0.278 e. The molecule has 0 saturated heterocycles. The predicted octanol–water partition coefficient (Wildman–Crippen LogP) is 0.684. The Kier molecular flexibility index (Phi) is 2.28. The van der Waals surface area contributed by atoms with E-state index in [0.717, 1.165) is 0 Å². The summed E-state index contributed by atoms with van der Waals surface area (Å²) in [6.45, 7) is 0. The molecule has 1 aromatic carbocycles. The van der Waals surface area contributed by atoms with Crippen LogP contribution in [-0.4, -0.2) is 19.7 Å². The molecule has 0 amide bonds. The summed E-state index contributed by atoms with van der Waals surface area (Å²) in [5.74, 6) is 0.444. The topological polar surface area (TPSA) is 93.8 Å². The molecule has 0 spiro atoms. The molecule has 7 heteroatoms. The first-order chi connectivity index (χ1) is 7.59. The van der Waals surface area contributed by atoms with Gasteiger partial charge in [-0.15, -0.1) is 0 Å². The van der Waals surface area contributed by atoms with Crippen molar-refractivity contribution >= 4 is 5.69 Å². The molecule has 16 heavy (non-hydrogen) atoms. The zero-order chi connectivity index (χ0) is 11.7. The zero-order valence-corrected chi connectivity index (χ0v) is 8.38. The molecule has 0 aliphatic rings. The highest BCUT2D eigenvalue weighted by Crippen LogP contribution is 2.18. The lowest BCUT2D eigenvalue weighted by molar-refractivity contribution is -0.384. The Morgan fingerprint density at radius 1 is 1.38 bits per heavy atom. The average Bonchev–Trinajstić information content (AvgIpc) is 2.60. The third kappa shape index (κ3) is 1.58. The first-order valence-corrected chi connectivity index (χ1v) is 4.46. The van der Waals surface area contributed by atoms with Gasteiger partial charge < -0.3 is 0 Å². The van der Waals surface area contributed by atoms with Crippen molar-refractivity contribution in [1.29, 1.82) is 0 Å². The maximum Gasteiger partial charge on any atom is 0.343 e. The number of hydrogen-bond donors (Lipinski definition) is 1. The number of H-pyrrole nitrogens is 1. The molecule has 0 aliphatic carbocycles. The highest BCUT2D eigenvalue weighted by Gasteiger charge is 2.09. The summed E-state index contributed by atoms with van der Waals surface area (Å²) in [5.41, 5.74) is 0.323. The summed E-state index contributed by atoms with van der Waals surface area (Å²) in [6.07, 6.45) is 0. The summed E-state index contributed by atoms with van der Waals surface area (Å²) < 4.78 is 1.33. The van der Waals surface area contributed by atoms with Crippen molar-refractivity contribution in [2.75, 3.05) is 0 Å². The van der Waals surface area contributed by atoms with Crippen LogP contribution >= 0.6 is 0 Å². The Balaban J connectivity index is 2.46. The molecule has 0 saturated carbocycles. The smallest absolute Gasteiger partial charge is 0.278 e. The number of benzene rings is 1. The Hall–Kier alpha value is -2.44. The molecule has 82 valence electrons. The molecule has 0 unspecified atom stereocenters. The van der Waals surface area contributed by atoms with Crippen molar-refractivity contribution in [3.05, 3.63) is 44.9 Å². The van der Waals surface area contributed by atoms with Gasteiger partial charge in [-0.05, 0) is 12.1 Å². The van der Waals surface area contributed by atoms with Crippen molar-refractivity contribution < 1.29 is 4.92 Å². The molecular formula is C9H8N4O3. The van der Waals surface area contributed by atoms with Crippen LogP contribution in [0, 0.1) is 10.1 Å².